The third-order valence-electron chi connectivity index (χ3n) is 5.31. The van der Waals surface area contributed by atoms with Crippen molar-refractivity contribution < 1.29 is 23.8 Å². The first-order chi connectivity index (χ1) is 16.9. The Balaban J connectivity index is 1.94. The molecule has 0 saturated carbocycles. The predicted octanol–water partition coefficient (Wildman–Crippen LogP) is 5.18. The van der Waals surface area contributed by atoms with Gasteiger partial charge in [-0.2, -0.15) is 4.98 Å². The zero-order valence-corrected chi connectivity index (χ0v) is 22.0. The van der Waals surface area contributed by atoms with Crippen LogP contribution in [0.25, 0.3) is 11.3 Å². The number of nitrogens with zero attached hydrogens (tertiary/aromatic N) is 4. The van der Waals surface area contributed by atoms with Crippen molar-refractivity contribution in [2.75, 3.05) is 18.3 Å². The smallest absolute Gasteiger partial charge is 0.311 e. The molecule has 0 bridgehead atoms. The molecule has 4 rings (SSSR count). The number of aromatic nitrogens is 3. The zero-order valence-electron chi connectivity index (χ0n) is 19.6. The lowest BCUT2D eigenvalue weighted by atomic mass is 10.1. The van der Waals surface area contributed by atoms with E-state index in [2.05, 4.69) is 31.1 Å². The summed E-state index contributed by atoms with van der Waals surface area (Å²) in [5, 5.41) is 8.97. The fourth-order valence-electron chi connectivity index (χ4n) is 3.62. The number of hydrogen-bond donors (Lipinski definition) is 0. The summed E-state index contributed by atoms with van der Waals surface area (Å²) >= 11 is 4.82. The zero-order chi connectivity index (χ0) is 25.1. The number of amides is 1. The second-order valence-electron chi connectivity index (χ2n) is 7.42. The number of hydrogen-bond acceptors (Lipinski definition) is 9. The van der Waals surface area contributed by atoms with Gasteiger partial charge < -0.3 is 14.2 Å². The first kappa shape index (κ1) is 24.9. The van der Waals surface area contributed by atoms with Crippen molar-refractivity contribution in [3.63, 3.8) is 0 Å². The maximum absolute atomic E-state index is 13.3. The van der Waals surface area contributed by atoms with Gasteiger partial charge in [-0.05, 0) is 40.4 Å². The molecule has 11 heteroatoms. The highest BCUT2D eigenvalue weighted by molar-refractivity contribution is 9.10. The van der Waals surface area contributed by atoms with E-state index in [1.54, 1.807) is 30.9 Å². The molecule has 0 saturated heterocycles. The molecule has 1 aliphatic heterocycles. The summed E-state index contributed by atoms with van der Waals surface area (Å²) in [6.45, 7) is 3.49. The van der Waals surface area contributed by atoms with Gasteiger partial charge in [-0.15, -0.1) is 10.2 Å². The van der Waals surface area contributed by atoms with Crippen LogP contribution in [0.4, 0.5) is 5.69 Å². The highest BCUT2D eigenvalue weighted by Gasteiger charge is 2.36. The molecule has 3 aromatic rings. The van der Waals surface area contributed by atoms with E-state index in [-0.39, 0.29) is 30.4 Å². The van der Waals surface area contributed by atoms with E-state index in [1.807, 2.05) is 30.5 Å². The summed E-state index contributed by atoms with van der Waals surface area (Å²) in [7, 11) is 1.48. The van der Waals surface area contributed by atoms with Gasteiger partial charge >= 0.3 is 5.97 Å². The van der Waals surface area contributed by atoms with Gasteiger partial charge in [-0.25, -0.2) is 0 Å². The van der Waals surface area contributed by atoms with Gasteiger partial charge in [-0.1, -0.05) is 43.8 Å². The van der Waals surface area contributed by atoms with E-state index in [0.717, 1.165) is 0 Å². The summed E-state index contributed by atoms with van der Waals surface area (Å²) in [4.78, 5) is 31.4. The minimum Gasteiger partial charge on any atom is -0.493 e. The molecule has 0 fully saturated rings. The van der Waals surface area contributed by atoms with Crippen molar-refractivity contribution in [2.45, 2.75) is 38.1 Å². The summed E-state index contributed by atoms with van der Waals surface area (Å²) in [6, 6.07) is 10.8. The topological polar surface area (TPSA) is 104 Å². The van der Waals surface area contributed by atoms with E-state index >= 15 is 0 Å². The van der Waals surface area contributed by atoms with Crippen LogP contribution in [0.15, 0.2) is 46.0 Å². The first-order valence-corrected chi connectivity index (χ1v) is 12.9. The second-order valence-corrected chi connectivity index (χ2v) is 9.05. The number of esters is 1. The van der Waals surface area contributed by atoms with Crippen LogP contribution in [-0.2, 0) is 9.59 Å². The van der Waals surface area contributed by atoms with Crippen molar-refractivity contribution in [3.05, 3.63) is 46.4 Å². The summed E-state index contributed by atoms with van der Waals surface area (Å²) in [5.74, 6) is 0.252. The highest BCUT2D eigenvalue weighted by Crippen LogP contribution is 2.46. The molecular weight excluding hydrogens is 536 g/mol. The number of thioether (sulfide) groups is 1. The van der Waals surface area contributed by atoms with Crippen molar-refractivity contribution in [2.24, 2.45) is 0 Å². The maximum Gasteiger partial charge on any atom is 0.311 e. The maximum atomic E-state index is 13.3. The Morgan fingerprint density at radius 2 is 1.94 bits per heavy atom. The first-order valence-electron chi connectivity index (χ1n) is 10.9. The van der Waals surface area contributed by atoms with Gasteiger partial charge in [0.2, 0.25) is 23.2 Å². The van der Waals surface area contributed by atoms with E-state index < -0.39 is 12.2 Å². The molecule has 35 heavy (non-hydrogen) atoms. The van der Waals surface area contributed by atoms with Crippen molar-refractivity contribution in [1.29, 1.82) is 0 Å². The molecule has 1 aliphatic rings. The average molecular weight is 559 g/mol. The van der Waals surface area contributed by atoms with Crippen molar-refractivity contribution in [1.82, 2.24) is 15.2 Å². The van der Waals surface area contributed by atoms with E-state index in [0.29, 0.717) is 37.9 Å². The summed E-state index contributed by atoms with van der Waals surface area (Å²) in [6.07, 6.45) is 1.39. The predicted molar refractivity (Wildman–Crippen MR) is 135 cm³/mol. The van der Waals surface area contributed by atoms with Gasteiger partial charge in [0, 0.05) is 24.0 Å². The second kappa shape index (κ2) is 10.6. The monoisotopic (exact) mass is 558 g/mol. The van der Waals surface area contributed by atoms with Crippen LogP contribution in [0.2, 0.25) is 0 Å². The Hall–Kier alpha value is -3.18. The molecule has 9 nitrogen and oxygen atoms in total. The number of carbonyl (C=O) groups excluding carboxylic acids is 2. The normalized spacial score (nSPS) is 14.3. The minimum atomic E-state index is -0.905. The van der Waals surface area contributed by atoms with Gasteiger partial charge in [0.25, 0.3) is 0 Å². The SMILES string of the molecule is CCC(=O)Oc1c(Br)cc([C@H]2Oc3nc(SC)nnc3-c3ccccc3N2C(=O)CC)cc1OC. The fraction of sp³-hybridized carbons (Fsp3) is 0.292. The minimum absolute atomic E-state index is 0.162. The molecule has 0 N–H and O–H groups in total. The number of methoxy groups -OCH3 is 1. The number of fused-ring (bicyclic) bond motifs is 3. The van der Waals surface area contributed by atoms with Crippen LogP contribution < -0.4 is 19.1 Å². The number of para-hydroxylation sites is 1. The number of carbonyl (C=O) groups is 2. The number of halogens is 1. The van der Waals surface area contributed by atoms with E-state index in [1.165, 1.54) is 18.9 Å². The molecule has 0 unspecified atom stereocenters. The Morgan fingerprint density at radius 1 is 1.17 bits per heavy atom. The molecule has 0 spiro atoms. The molecule has 2 heterocycles. The van der Waals surface area contributed by atoms with Gasteiger partial charge in [0.15, 0.2) is 17.2 Å². The van der Waals surface area contributed by atoms with Gasteiger partial charge in [0.1, 0.15) is 0 Å². The number of ether oxygens (including phenoxy) is 3. The molecule has 0 radical (unpaired) electrons. The molecule has 1 atom stereocenters. The lowest BCUT2D eigenvalue weighted by Crippen LogP contribution is -2.37. The summed E-state index contributed by atoms with van der Waals surface area (Å²) in [5.41, 5.74) is 2.32. The molecule has 1 amide bonds. The standard InChI is InChI=1S/C24H23BrN4O5S/c1-5-18(30)29-16-10-8-7-9-14(16)20-22(26-24(35-4)28-27-20)34-23(29)13-11-15(25)21(17(12-13)32-3)33-19(31)6-2/h7-12,23H,5-6H2,1-4H3/t23-/m1/s1. The molecule has 2 aromatic carbocycles. The van der Waals surface area contributed by atoms with Crippen molar-refractivity contribution in [3.8, 4) is 28.6 Å². The lowest BCUT2D eigenvalue weighted by molar-refractivity contribution is -0.134. The Bertz CT molecular complexity index is 1290. The Labute approximate surface area is 215 Å². The van der Waals surface area contributed by atoms with Crippen LogP contribution in [-0.4, -0.2) is 40.4 Å². The highest BCUT2D eigenvalue weighted by atomic mass is 79.9. The molecular formula is C24H23BrN4O5S. The third-order valence-corrected chi connectivity index (χ3v) is 6.43. The van der Waals surface area contributed by atoms with Crippen LogP contribution >= 0.6 is 27.7 Å². The van der Waals surface area contributed by atoms with E-state index in [9.17, 15) is 9.59 Å². The van der Waals surface area contributed by atoms with Gasteiger partial charge in [-0.3, -0.25) is 14.5 Å². The largest absolute Gasteiger partial charge is 0.493 e. The summed E-state index contributed by atoms with van der Waals surface area (Å²) < 4.78 is 17.9. The molecule has 182 valence electrons. The lowest BCUT2D eigenvalue weighted by Gasteiger charge is -2.31. The average Bonchev–Trinajstić information content (AvgIpc) is 3.03. The van der Waals surface area contributed by atoms with Gasteiger partial charge in [0.05, 0.1) is 17.3 Å². The quantitative estimate of drug-likeness (QED) is 0.230. The Morgan fingerprint density at radius 3 is 2.63 bits per heavy atom. The molecule has 0 aliphatic carbocycles. The van der Waals surface area contributed by atoms with Crippen LogP contribution in [0.1, 0.15) is 38.5 Å². The van der Waals surface area contributed by atoms with Crippen LogP contribution in [0.3, 0.4) is 0 Å². The Kier molecular flexibility index (Phi) is 7.56. The van der Waals surface area contributed by atoms with Crippen molar-refractivity contribution >= 4 is 45.3 Å². The fourth-order valence-corrected chi connectivity index (χ4v) is 4.46. The number of benzene rings is 2. The van der Waals surface area contributed by atoms with Crippen LogP contribution in [0.5, 0.6) is 17.4 Å². The van der Waals surface area contributed by atoms with E-state index in [4.69, 9.17) is 14.2 Å². The number of anilines is 1. The third kappa shape index (κ3) is 4.83. The van der Waals surface area contributed by atoms with Crippen LogP contribution in [0, 0.1) is 0 Å². The number of rotatable bonds is 6. The molecule has 1 aromatic heterocycles.